The minimum atomic E-state index is -1.63. The lowest BCUT2D eigenvalue weighted by atomic mass is 9.58. The number of benzene rings is 3. The fourth-order valence-corrected chi connectivity index (χ4v) is 8.80. The third-order valence-corrected chi connectivity index (χ3v) is 9.98. The van der Waals surface area contributed by atoms with E-state index >= 15 is 4.79 Å². The molecule has 2 amide bonds. The van der Waals surface area contributed by atoms with E-state index in [9.17, 15) is 9.59 Å². The lowest BCUT2D eigenvalue weighted by molar-refractivity contribution is -0.164. The number of hydrogen-bond acceptors (Lipinski definition) is 8. The molecule has 3 aromatic carbocycles. The predicted octanol–water partition coefficient (Wildman–Crippen LogP) is 6.51. The first kappa shape index (κ1) is 29.8. The third-order valence-electron chi connectivity index (χ3n) is 9.98. The summed E-state index contributed by atoms with van der Waals surface area (Å²) in [7, 11) is 0. The van der Waals surface area contributed by atoms with Crippen LogP contribution in [0.5, 0.6) is 0 Å². The molecule has 2 spiro atoms. The van der Waals surface area contributed by atoms with Gasteiger partial charge in [0.05, 0.1) is 34.0 Å². The number of imide groups is 1. The second-order valence-corrected chi connectivity index (χ2v) is 15.0. The Kier molecular flexibility index (Phi) is 6.14. The molecule has 1 aromatic heterocycles. The van der Waals surface area contributed by atoms with Crippen LogP contribution in [0.1, 0.15) is 71.2 Å². The number of rotatable bonds is 1. The van der Waals surface area contributed by atoms with Gasteiger partial charge in [0.1, 0.15) is 22.2 Å². The van der Waals surface area contributed by atoms with Gasteiger partial charge in [0, 0.05) is 11.6 Å². The third kappa shape index (κ3) is 3.83. The molecule has 1 aliphatic carbocycles. The molecule has 9 heteroatoms. The molecule has 4 atom stereocenters. The SMILES string of the molecule is CC(C)(C)OC(=O)[C@H]1[C@@H]2CCCN2[C@@]2(c3ccccc3-c3nc4ccccc4nc32)[C@]12C(=O)N(C(=O)OC(C)(C)C)c1ccccc12. The standard InChI is InChI=1S/C38H38N4O5/c1-35(2,3)46-32(43)29-28-20-13-21-41(28)38(23-15-8-7-14-22(23)30-31(38)40-26-18-11-10-17-25(26)39-30)37(29)24-16-9-12-19-27(24)42(33(37)44)34(45)47-36(4,5)6/h7-12,14-19,28-29H,13,20-21H2,1-6H3/t28-,29+,37-,38+/m0/s1. The van der Waals surface area contributed by atoms with E-state index in [0.29, 0.717) is 41.1 Å². The minimum Gasteiger partial charge on any atom is -0.460 e. The Morgan fingerprint density at radius 2 is 1.43 bits per heavy atom. The first-order valence-electron chi connectivity index (χ1n) is 16.3. The molecule has 240 valence electrons. The zero-order valence-corrected chi connectivity index (χ0v) is 27.5. The predicted molar refractivity (Wildman–Crippen MR) is 177 cm³/mol. The van der Waals surface area contributed by atoms with Crippen molar-refractivity contribution >= 4 is 34.7 Å². The van der Waals surface area contributed by atoms with E-state index in [0.717, 1.165) is 28.0 Å². The molecule has 0 unspecified atom stereocenters. The van der Waals surface area contributed by atoms with Gasteiger partial charge in [-0.25, -0.2) is 19.7 Å². The monoisotopic (exact) mass is 630 g/mol. The number of nitrogens with zero attached hydrogens (tertiary/aromatic N) is 4. The summed E-state index contributed by atoms with van der Waals surface area (Å²) in [4.78, 5) is 58.7. The summed E-state index contributed by atoms with van der Waals surface area (Å²) in [5.74, 6) is -1.95. The van der Waals surface area contributed by atoms with Crippen LogP contribution in [-0.4, -0.2) is 56.6 Å². The van der Waals surface area contributed by atoms with Crippen LogP contribution in [0.25, 0.3) is 22.3 Å². The summed E-state index contributed by atoms with van der Waals surface area (Å²) < 4.78 is 12.1. The van der Waals surface area contributed by atoms with Crippen molar-refractivity contribution in [3.8, 4) is 11.3 Å². The maximum atomic E-state index is 15.8. The molecular formula is C38H38N4O5. The molecule has 3 aliphatic heterocycles. The number of aromatic nitrogens is 2. The zero-order valence-electron chi connectivity index (χ0n) is 27.5. The fourth-order valence-electron chi connectivity index (χ4n) is 8.80. The largest absolute Gasteiger partial charge is 0.460 e. The number of ether oxygens (including phenoxy) is 2. The van der Waals surface area contributed by atoms with Gasteiger partial charge in [-0.05, 0) is 90.3 Å². The Labute approximate surface area is 273 Å². The lowest BCUT2D eigenvalue weighted by Crippen LogP contribution is -2.61. The van der Waals surface area contributed by atoms with E-state index < -0.39 is 46.0 Å². The molecule has 0 radical (unpaired) electrons. The van der Waals surface area contributed by atoms with Crippen LogP contribution in [0.15, 0.2) is 72.8 Å². The highest BCUT2D eigenvalue weighted by Crippen LogP contribution is 2.71. The average molecular weight is 631 g/mol. The van der Waals surface area contributed by atoms with Gasteiger partial charge in [-0.1, -0.05) is 54.6 Å². The molecule has 4 heterocycles. The highest BCUT2D eigenvalue weighted by atomic mass is 16.6. The van der Waals surface area contributed by atoms with Gasteiger partial charge in [-0.2, -0.15) is 0 Å². The van der Waals surface area contributed by atoms with E-state index in [1.807, 2.05) is 81.4 Å². The van der Waals surface area contributed by atoms with Crippen molar-refractivity contribution in [2.75, 3.05) is 11.4 Å². The molecule has 0 saturated carbocycles. The van der Waals surface area contributed by atoms with Crippen molar-refractivity contribution in [1.29, 1.82) is 0 Å². The maximum Gasteiger partial charge on any atom is 0.421 e. The van der Waals surface area contributed by atoms with Gasteiger partial charge in [0.15, 0.2) is 0 Å². The molecule has 2 fully saturated rings. The Bertz CT molecular complexity index is 2010. The fraction of sp³-hybridized carbons (Fsp3) is 0.395. The van der Waals surface area contributed by atoms with Gasteiger partial charge in [-0.3, -0.25) is 14.5 Å². The Morgan fingerprint density at radius 1 is 0.809 bits per heavy atom. The van der Waals surface area contributed by atoms with E-state index in [2.05, 4.69) is 4.90 Å². The Morgan fingerprint density at radius 3 is 2.13 bits per heavy atom. The zero-order chi connectivity index (χ0) is 33.1. The van der Waals surface area contributed by atoms with E-state index in [1.54, 1.807) is 32.9 Å². The average Bonchev–Trinajstić information content (AvgIpc) is 3.71. The molecule has 2 saturated heterocycles. The van der Waals surface area contributed by atoms with Crippen molar-refractivity contribution in [3.63, 3.8) is 0 Å². The number of esters is 1. The summed E-state index contributed by atoms with van der Waals surface area (Å²) in [5.41, 5.74) is 0.818. The summed E-state index contributed by atoms with van der Waals surface area (Å²) in [5, 5.41) is 0. The van der Waals surface area contributed by atoms with Gasteiger partial charge in [0.2, 0.25) is 0 Å². The van der Waals surface area contributed by atoms with Crippen LogP contribution in [0.2, 0.25) is 0 Å². The smallest absolute Gasteiger partial charge is 0.421 e. The Balaban J connectivity index is 1.52. The molecule has 0 N–H and O–H groups in total. The molecule has 47 heavy (non-hydrogen) atoms. The topological polar surface area (TPSA) is 102 Å². The number of amides is 2. The molecule has 4 aliphatic rings. The van der Waals surface area contributed by atoms with Crippen LogP contribution < -0.4 is 4.90 Å². The maximum absolute atomic E-state index is 15.8. The van der Waals surface area contributed by atoms with Crippen LogP contribution in [0, 0.1) is 5.92 Å². The molecule has 4 aromatic rings. The minimum absolute atomic E-state index is 0.368. The molecule has 9 nitrogen and oxygen atoms in total. The summed E-state index contributed by atoms with van der Waals surface area (Å²) in [6.07, 6.45) is 0.716. The van der Waals surface area contributed by atoms with Crippen molar-refractivity contribution in [1.82, 2.24) is 14.9 Å². The molecular weight excluding hydrogens is 592 g/mol. The molecule has 0 bridgehead atoms. The van der Waals surface area contributed by atoms with Gasteiger partial charge >= 0.3 is 12.1 Å². The van der Waals surface area contributed by atoms with Crippen molar-refractivity contribution < 1.29 is 23.9 Å². The number of fused-ring (bicyclic) bond motifs is 11. The van der Waals surface area contributed by atoms with E-state index in [-0.39, 0.29) is 6.04 Å². The van der Waals surface area contributed by atoms with Crippen LogP contribution in [-0.2, 0) is 30.0 Å². The number of para-hydroxylation sites is 3. The highest BCUT2D eigenvalue weighted by Gasteiger charge is 2.82. The van der Waals surface area contributed by atoms with Crippen LogP contribution in [0.3, 0.4) is 0 Å². The quantitative estimate of drug-likeness (QED) is 0.220. The summed E-state index contributed by atoms with van der Waals surface area (Å²) in [6, 6.07) is 22.6. The molecule has 8 rings (SSSR count). The number of hydrogen-bond donors (Lipinski definition) is 0. The van der Waals surface area contributed by atoms with Crippen LogP contribution >= 0.6 is 0 Å². The van der Waals surface area contributed by atoms with Gasteiger partial charge < -0.3 is 9.47 Å². The van der Waals surface area contributed by atoms with Gasteiger partial charge in [0.25, 0.3) is 5.91 Å². The summed E-state index contributed by atoms with van der Waals surface area (Å²) >= 11 is 0. The van der Waals surface area contributed by atoms with Gasteiger partial charge in [-0.15, -0.1) is 0 Å². The van der Waals surface area contributed by atoms with Crippen molar-refractivity contribution in [2.45, 2.75) is 82.6 Å². The number of carbonyl (C=O) groups excluding carboxylic acids is 3. The number of carbonyl (C=O) groups is 3. The first-order valence-corrected chi connectivity index (χ1v) is 16.3. The lowest BCUT2D eigenvalue weighted by Gasteiger charge is -2.46. The second-order valence-electron chi connectivity index (χ2n) is 15.0. The van der Waals surface area contributed by atoms with Crippen molar-refractivity contribution in [3.05, 3.63) is 89.6 Å². The van der Waals surface area contributed by atoms with E-state index in [4.69, 9.17) is 19.4 Å². The Hall–Kier alpha value is -4.63. The highest BCUT2D eigenvalue weighted by molar-refractivity contribution is 6.24. The second kappa shape index (κ2) is 9.70. The normalized spacial score (nSPS) is 26.1. The van der Waals surface area contributed by atoms with E-state index in [1.165, 1.54) is 0 Å². The first-order chi connectivity index (χ1) is 22.3. The van der Waals surface area contributed by atoms with Crippen molar-refractivity contribution in [2.24, 2.45) is 5.92 Å². The number of anilines is 1. The van der Waals surface area contributed by atoms with Crippen LogP contribution in [0.4, 0.5) is 10.5 Å². The summed E-state index contributed by atoms with van der Waals surface area (Å²) in [6.45, 7) is 11.4.